The first-order chi connectivity index (χ1) is 9.78. The zero-order chi connectivity index (χ0) is 15.4. The van der Waals surface area contributed by atoms with Crippen LogP contribution in [-0.4, -0.2) is 11.2 Å². The van der Waals surface area contributed by atoms with E-state index in [2.05, 4.69) is 33.9 Å². The molecule has 0 aromatic carbocycles. The quantitative estimate of drug-likeness (QED) is 0.665. The molecule has 1 N–H and O–H groups in total. The lowest BCUT2D eigenvalue weighted by Gasteiger charge is -2.47. The Bertz CT molecular complexity index is 464. The molecule has 0 aromatic heterocycles. The largest absolute Gasteiger partial charge is 0.393 e. The lowest BCUT2D eigenvalue weighted by Crippen LogP contribution is -2.44. The zero-order valence-corrected chi connectivity index (χ0v) is 14.1. The lowest BCUT2D eigenvalue weighted by atomic mass is 9.59. The number of aliphatic hydroxyl groups is 1. The fourth-order valence-electron chi connectivity index (χ4n) is 5.93. The topological polar surface area (TPSA) is 20.2 Å². The minimum absolute atomic E-state index is 0.0578. The summed E-state index contributed by atoms with van der Waals surface area (Å²) in [5.74, 6) is 1.97. The maximum atomic E-state index is 10.7. The molecule has 0 bridgehead atoms. The molecule has 3 aliphatic rings. The molecule has 0 aromatic rings. The van der Waals surface area contributed by atoms with Crippen LogP contribution >= 0.6 is 0 Å². The summed E-state index contributed by atoms with van der Waals surface area (Å²) in [5.41, 5.74) is 3.26. The second-order valence-corrected chi connectivity index (χ2v) is 8.77. The van der Waals surface area contributed by atoms with Crippen molar-refractivity contribution in [3.8, 4) is 0 Å². The highest BCUT2D eigenvalue weighted by Gasteiger charge is 2.55. The van der Waals surface area contributed by atoms with Crippen LogP contribution in [0, 0.1) is 28.6 Å². The van der Waals surface area contributed by atoms with E-state index in [1.807, 2.05) is 0 Å². The average molecular weight is 288 g/mol. The molecular weight excluding hydrogens is 256 g/mol. The van der Waals surface area contributed by atoms with Crippen LogP contribution in [-0.2, 0) is 0 Å². The molecule has 1 heteroatoms. The zero-order valence-electron chi connectivity index (χ0n) is 14.1. The summed E-state index contributed by atoms with van der Waals surface area (Å²) in [6.45, 7) is 15.7. The second kappa shape index (κ2) is 4.98. The van der Waals surface area contributed by atoms with E-state index < -0.39 is 0 Å². The summed E-state index contributed by atoms with van der Waals surface area (Å²) >= 11 is 0. The van der Waals surface area contributed by atoms with Crippen LogP contribution in [0.2, 0.25) is 0 Å². The molecule has 0 radical (unpaired) electrons. The summed E-state index contributed by atoms with van der Waals surface area (Å²) in [6.07, 6.45) is 8.07. The number of fused-ring (bicyclic) bond motifs is 2. The lowest BCUT2D eigenvalue weighted by molar-refractivity contribution is -0.0291. The van der Waals surface area contributed by atoms with E-state index in [4.69, 9.17) is 0 Å². The van der Waals surface area contributed by atoms with Gasteiger partial charge in [0.15, 0.2) is 0 Å². The summed E-state index contributed by atoms with van der Waals surface area (Å²) < 4.78 is 0. The van der Waals surface area contributed by atoms with Crippen molar-refractivity contribution in [1.82, 2.24) is 0 Å². The Morgan fingerprint density at radius 2 is 1.90 bits per heavy atom. The third kappa shape index (κ3) is 2.23. The van der Waals surface area contributed by atoms with Crippen molar-refractivity contribution in [2.45, 2.75) is 71.8 Å². The highest BCUT2D eigenvalue weighted by Crippen LogP contribution is 2.62. The molecule has 3 aliphatic carbocycles. The number of hydrogen-bond donors (Lipinski definition) is 1. The molecule has 0 unspecified atom stereocenters. The monoisotopic (exact) mass is 288 g/mol. The predicted molar refractivity (Wildman–Crippen MR) is 89.0 cm³/mol. The first-order valence-corrected chi connectivity index (χ1v) is 8.79. The molecule has 3 fully saturated rings. The summed E-state index contributed by atoms with van der Waals surface area (Å²) in [7, 11) is 0. The molecule has 0 heterocycles. The standard InChI is InChI=1S/C20H32O/c1-13(2)15-8-10-19(4)12-17-14(3)6-7-18(21)20(17,5)11-9-16(15)19/h15-18,21H,1,3,6-12H2,2,4-5H3/t15-,16+,17-,18+,19-,20+/m1/s1. The van der Waals surface area contributed by atoms with Crippen LogP contribution in [0.4, 0.5) is 0 Å². The van der Waals surface area contributed by atoms with Gasteiger partial charge in [0.25, 0.3) is 0 Å². The molecule has 6 atom stereocenters. The maximum absolute atomic E-state index is 10.7. The number of hydrogen-bond acceptors (Lipinski definition) is 1. The molecule has 21 heavy (non-hydrogen) atoms. The van der Waals surface area contributed by atoms with Gasteiger partial charge < -0.3 is 5.11 Å². The summed E-state index contributed by atoms with van der Waals surface area (Å²) in [6, 6.07) is 0. The van der Waals surface area contributed by atoms with Crippen LogP contribution < -0.4 is 0 Å². The van der Waals surface area contributed by atoms with E-state index >= 15 is 0 Å². The van der Waals surface area contributed by atoms with Crippen molar-refractivity contribution in [3.63, 3.8) is 0 Å². The van der Waals surface area contributed by atoms with Gasteiger partial charge in [0.2, 0.25) is 0 Å². The molecule has 0 aliphatic heterocycles. The molecule has 3 rings (SSSR count). The van der Waals surface area contributed by atoms with Gasteiger partial charge in [-0.15, -0.1) is 0 Å². The Balaban J connectivity index is 1.95. The smallest absolute Gasteiger partial charge is 0.0602 e. The molecule has 1 nitrogen and oxygen atoms in total. The van der Waals surface area contributed by atoms with E-state index in [0.717, 1.165) is 25.2 Å². The third-order valence-electron chi connectivity index (χ3n) is 7.49. The Hall–Kier alpha value is -0.560. The highest BCUT2D eigenvalue weighted by molar-refractivity contribution is 5.18. The number of aliphatic hydroxyl groups excluding tert-OH is 1. The molecule has 118 valence electrons. The van der Waals surface area contributed by atoms with Crippen LogP contribution in [0.3, 0.4) is 0 Å². The van der Waals surface area contributed by atoms with E-state index in [9.17, 15) is 5.11 Å². The number of allylic oxidation sites excluding steroid dienone is 2. The van der Waals surface area contributed by atoms with Crippen LogP contribution in [0.15, 0.2) is 24.3 Å². The fraction of sp³-hybridized carbons (Fsp3) is 0.800. The van der Waals surface area contributed by atoms with Crippen molar-refractivity contribution in [3.05, 3.63) is 24.3 Å². The Morgan fingerprint density at radius 3 is 2.57 bits per heavy atom. The van der Waals surface area contributed by atoms with Crippen LogP contribution in [0.1, 0.15) is 65.7 Å². The van der Waals surface area contributed by atoms with Gasteiger partial charge in [-0.1, -0.05) is 38.2 Å². The predicted octanol–water partition coefficient (Wildman–Crippen LogP) is 5.11. The Kier molecular flexibility index (Phi) is 3.64. The third-order valence-corrected chi connectivity index (χ3v) is 7.49. The van der Waals surface area contributed by atoms with E-state index in [1.54, 1.807) is 0 Å². The van der Waals surface area contributed by atoms with Gasteiger partial charge in [-0.2, -0.15) is 0 Å². The Labute approximate surface area is 130 Å². The van der Waals surface area contributed by atoms with E-state index in [-0.39, 0.29) is 11.5 Å². The van der Waals surface area contributed by atoms with E-state index in [1.165, 1.54) is 36.8 Å². The van der Waals surface area contributed by atoms with Crippen LogP contribution in [0.5, 0.6) is 0 Å². The van der Waals surface area contributed by atoms with Gasteiger partial charge in [-0.05, 0) is 75.0 Å². The first-order valence-electron chi connectivity index (χ1n) is 8.79. The van der Waals surface area contributed by atoms with Gasteiger partial charge in [0, 0.05) is 5.41 Å². The van der Waals surface area contributed by atoms with Crippen molar-refractivity contribution in [2.75, 3.05) is 0 Å². The van der Waals surface area contributed by atoms with E-state index in [0.29, 0.717) is 17.3 Å². The molecule has 3 saturated carbocycles. The highest BCUT2D eigenvalue weighted by atomic mass is 16.3. The van der Waals surface area contributed by atoms with Crippen molar-refractivity contribution < 1.29 is 5.11 Å². The molecule has 0 saturated heterocycles. The van der Waals surface area contributed by atoms with Gasteiger partial charge in [-0.3, -0.25) is 0 Å². The summed E-state index contributed by atoms with van der Waals surface area (Å²) in [5, 5.41) is 10.7. The molecule has 0 spiro atoms. The van der Waals surface area contributed by atoms with Crippen molar-refractivity contribution in [1.29, 1.82) is 0 Å². The molecular formula is C20H32O. The van der Waals surface area contributed by atoms with Crippen molar-refractivity contribution in [2.24, 2.45) is 28.6 Å². The van der Waals surface area contributed by atoms with Gasteiger partial charge >= 0.3 is 0 Å². The second-order valence-electron chi connectivity index (χ2n) is 8.77. The van der Waals surface area contributed by atoms with Gasteiger partial charge in [0.05, 0.1) is 6.10 Å². The number of rotatable bonds is 1. The maximum Gasteiger partial charge on any atom is 0.0602 e. The summed E-state index contributed by atoms with van der Waals surface area (Å²) in [4.78, 5) is 0. The SMILES string of the molecule is C=C(C)[C@H]1CC[C@]2(C)C[C@@H]3C(=C)CC[C@H](O)[C@@]3(C)CC[C@@H]12. The minimum atomic E-state index is -0.140. The fourth-order valence-corrected chi connectivity index (χ4v) is 5.93. The average Bonchev–Trinajstić information content (AvgIpc) is 2.69. The Morgan fingerprint density at radius 1 is 1.19 bits per heavy atom. The normalized spacial score (nSPS) is 50.2. The molecule has 0 amide bonds. The minimum Gasteiger partial charge on any atom is -0.393 e. The van der Waals surface area contributed by atoms with Gasteiger partial charge in [0.1, 0.15) is 0 Å². The van der Waals surface area contributed by atoms with Crippen LogP contribution in [0.25, 0.3) is 0 Å². The van der Waals surface area contributed by atoms with Crippen molar-refractivity contribution >= 4 is 0 Å². The first kappa shape index (κ1) is 15.3. The van der Waals surface area contributed by atoms with Gasteiger partial charge in [-0.25, -0.2) is 0 Å².